The van der Waals surface area contributed by atoms with Gasteiger partial charge in [0.2, 0.25) is 5.91 Å². The predicted molar refractivity (Wildman–Crippen MR) is 83.7 cm³/mol. The minimum Gasteiger partial charge on any atom is -0.355 e. The Morgan fingerprint density at radius 2 is 2.14 bits per heavy atom. The molecule has 1 aromatic carbocycles. The standard InChI is InChI=1S/C15H20ClN3O2/c1-9-7-10(5-6-18-9)14(20)19-11-3-4-13(16)12(8-11)15(21)17-2/h3-4,8-10,18H,5-7H2,1-2H3,(H,17,21)(H,19,20)/t9-,10-/m0/s1. The Hall–Kier alpha value is -1.59. The lowest BCUT2D eigenvalue weighted by Crippen LogP contribution is -2.40. The van der Waals surface area contributed by atoms with Gasteiger partial charge in [-0.05, 0) is 44.5 Å². The molecule has 1 aromatic rings. The zero-order chi connectivity index (χ0) is 15.4. The lowest BCUT2D eigenvalue weighted by atomic mass is 9.92. The molecule has 2 rings (SSSR count). The second-order valence-electron chi connectivity index (χ2n) is 5.34. The summed E-state index contributed by atoms with van der Waals surface area (Å²) in [7, 11) is 1.54. The fraction of sp³-hybridized carbons (Fsp3) is 0.467. The third kappa shape index (κ3) is 3.95. The van der Waals surface area contributed by atoms with Crippen LogP contribution >= 0.6 is 11.6 Å². The highest BCUT2D eigenvalue weighted by Crippen LogP contribution is 2.23. The third-order valence-electron chi connectivity index (χ3n) is 3.70. The third-order valence-corrected chi connectivity index (χ3v) is 4.03. The molecule has 5 nitrogen and oxygen atoms in total. The van der Waals surface area contributed by atoms with Crippen molar-refractivity contribution >= 4 is 29.1 Å². The van der Waals surface area contributed by atoms with Crippen molar-refractivity contribution in [2.75, 3.05) is 18.9 Å². The van der Waals surface area contributed by atoms with Crippen LogP contribution in [0.25, 0.3) is 0 Å². The molecule has 21 heavy (non-hydrogen) atoms. The zero-order valence-electron chi connectivity index (χ0n) is 12.2. The maximum Gasteiger partial charge on any atom is 0.252 e. The van der Waals surface area contributed by atoms with E-state index in [4.69, 9.17) is 11.6 Å². The average molecular weight is 310 g/mol. The van der Waals surface area contributed by atoms with E-state index in [9.17, 15) is 9.59 Å². The quantitative estimate of drug-likeness (QED) is 0.800. The van der Waals surface area contributed by atoms with Crippen molar-refractivity contribution in [3.05, 3.63) is 28.8 Å². The van der Waals surface area contributed by atoms with Crippen LogP contribution in [0.15, 0.2) is 18.2 Å². The maximum atomic E-state index is 12.3. The topological polar surface area (TPSA) is 70.2 Å². The van der Waals surface area contributed by atoms with Crippen molar-refractivity contribution in [1.29, 1.82) is 0 Å². The second-order valence-corrected chi connectivity index (χ2v) is 5.75. The summed E-state index contributed by atoms with van der Waals surface area (Å²) in [5, 5.41) is 9.08. The van der Waals surface area contributed by atoms with Gasteiger partial charge in [-0.25, -0.2) is 0 Å². The van der Waals surface area contributed by atoms with Gasteiger partial charge in [0.1, 0.15) is 0 Å². The molecule has 1 aliphatic heterocycles. The van der Waals surface area contributed by atoms with Crippen molar-refractivity contribution in [2.45, 2.75) is 25.8 Å². The van der Waals surface area contributed by atoms with Crippen molar-refractivity contribution < 1.29 is 9.59 Å². The van der Waals surface area contributed by atoms with Crippen LogP contribution in [0.1, 0.15) is 30.1 Å². The summed E-state index contributed by atoms with van der Waals surface area (Å²) in [6, 6.07) is 5.27. The summed E-state index contributed by atoms with van der Waals surface area (Å²) in [4.78, 5) is 24.0. The van der Waals surface area contributed by atoms with E-state index < -0.39 is 0 Å². The molecular weight excluding hydrogens is 290 g/mol. The first-order chi connectivity index (χ1) is 10.0. The fourth-order valence-electron chi connectivity index (χ4n) is 2.53. The van der Waals surface area contributed by atoms with Gasteiger partial charge in [-0.15, -0.1) is 0 Å². The van der Waals surface area contributed by atoms with Gasteiger partial charge in [0.25, 0.3) is 5.91 Å². The Kier molecular flexibility index (Phi) is 5.20. The van der Waals surface area contributed by atoms with Crippen LogP contribution in [0.5, 0.6) is 0 Å². The van der Waals surface area contributed by atoms with E-state index in [1.807, 2.05) is 0 Å². The monoisotopic (exact) mass is 309 g/mol. The normalized spacial score (nSPS) is 21.7. The molecule has 1 fully saturated rings. The summed E-state index contributed by atoms with van der Waals surface area (Å²) >= 11 is 5.99. The Morgan fingerprint density at radius 1 is 1.38 bits per heavy atom. The van der Waals surface area contributed by atoms with Crippen LogP contribution in [0.4, 0.5) is 5.69 Å². The van der Waals surface area contributed by atoms with Crippen molar-refractivity contribution in [3.63, 3.8) is 0 Å². The van der Waals surface area contributed by atoms with E-state index in [0.717, 1.165) is 19.4 Å². The van der Waals surface area contributed by atoms with Gasteiger partial charge < -0.3 is 16.0 Å². The number of hydrogen-bond donors (Lipinski definition) is 3. The van der Waals surface area contributed by atoms with E-state index in [0.29, 0.717) is 22.3 Å². The van der Waals surface area contributed by atoms with Gasteiger partial charge in [-0.1, -0.05) is 11.6 Å². The van der Waals surface area contributed by atoms with Gasteiger partial charge in [0.05, 0.1) is 10.6 Å². The Labute approximate surface area is 129 Å². The Bertz CT molecular complexity index is 548. The van der Waals surface area contributed by atoms with E-state index in [-0.39, 0.29) is 17.7 Å². The summed E-state index contributed by atoms with van der Waals surface area (Å²) in [5.74, 6) is -0.277. The highest BCUT2D eigenvalue weighted by Gasteiger charge is 2.24. The number of halogens is 1. The molecule has 1 aliphatic rings. The minimum atomic E-state index is -0.272. The number of benzene rings is 1. The first-order valence-corrected chi connectivity index (χ1v) is 7.45. The maximum absolute atomic E-state index is 12.3. The lowest BCUT2D eigenvalue weighted by molar-refractivity contribution is -0.120. The van der Waals surface area contributed by atoms with Crippen LogP contribution in [0, 0.1) is 5.92 Å². The predicted octanol–water partition coefficient (Wildman–Crippen LogP) is 2.03. The Balaban J connectivity index is 2.08. The van der Waals surface area contributed by atoms with E-state index in [1.54, 1.807) is 25.2 Å². The zero-order valence-corrected chi connectivity index (χ0v) is 13.0. The highest BCUT2D eigenvalue weighted by molar-refractivity contribution is 6.34. The summed E-state index contributed by atoms with van der Waals surface area (Å²) in [5.41, 5.74) is 0.949. The first-order valence-electron chi connectivity index (χ1n) is 7.07. The Morgan fingerprint density at radius 3 is 2.81 bits per heavy atom. The number of carbonyl (C=O) groups excluding carboxylic acids is 2. The molecule has 1 heterocycles. The number of carbonyl (C=O) groups is 2. The number of piperidine rings is 1. The van der Waals surface area contributed by atoms with E-state index >= 15 is 0 Å². The molecular formula is C15H20ClN3O2. The summed E-state index contributed by atoms with van der Waals surface area (Å²) in [6.07, 6.45) is 1.65. The van der Waals surface area contributed by atoms with Crippen LogP contribution in [0.2, 0.25) is 5.02 Å². The molecule has 1 saturated heterocycles. The molecule has 0 bridgehead atoms. The van der Waals surface area contributed by atoms with Gasteiger partial charge in [-0.3, -0.25) is 9.59 Å². The van der Waals surface area contributed by atoms with Gasteiger partial charge in [0, 0.05) is 24.7 Å². The number of nitrogens with one attached hydrogen (secondary N) is 3. The van der Waals surface area contributed by atoms with Gasteiger partial charge >= 0.3 is 0 Å². The molecule has 0 radical (unpaired) electrons. The molecule has 114 valence electrons. The molecule has 0 unspecified atom stereocenters. The molecule has 0 spiro atoms. The van der Waals surface area contributed by atoms with Crippen molar-refractivity contribution in [3.8, 4) is 0 Å². The van der Waals surface area contributed by atoms with Gasteiger partial charge in [0.15, 0.2) is 0 Å². The van der Waals surface area contributed by atoms with Gasteiger partial charge in [-0.2, -0.15) is 0 Å². The van der Waals surface area contributed by atoms with Crippen LogP contribution in [-0.4, -0.2) is 31.4 Å². The SMILES string of the molecule is CNC(=O)c1cc(NC(=O)[C@H]2CCN[C@@H](C)C2)ccc1Cl. The summed E-state index contributed by atoms with van der Waals surface area (Å²) < 4.78 is 0. The molecule has 2 amide bonds. The number of rotatable bonds is 3. The van der Waals surface area contributed by atoms with E-state index in [2.05, 4.69) is 22.9 Å². The van der Waals surface area contributed by atoms with E-state index in [1.165, 1.54) is 0 Å². The van der Waals surface area contributed by atoms with Crippen molar-refractivity contribution in [2.24, 2.45) is 5.92 Å². The molecule has 0 aromatic heterocycles. The van der Waals surface area contributed by atoms with Crippen LogP contribution in [-0.2, 0) is 4.79 Å². The van der Waals surface area contributed by atoms with Crippen LogP contribution < -0.4 is 16.0 Å². The lowest BCUT2D eigenvalue weighted by Gasteiger charge is -2.27. The molecule has 3 N–H and O–H groups in total. The van der Waals surface area contributed by atoms with Crippen molar-refractivity contribution in [1.82, 2.24) is 10.6 Å². The van der Waals surface area contributed by atoms with Crippen LogP contribution in [0.3, 0.4) is 0 Å². The molecule has 2 atom stereocenters. The first kappa shape index (κ1) is 15.8. The summed E-state index contributed by atoms with van der Waals surface area (Å²) in [6.45, 7) is 2.93. The smallest absolute Gasteiger partial charge is 0.252 e. The molecule has 0 saturated carbocycles. The number of anilines is 1. The largest absolute Gasteiger partial charge is 0.355 e. The number of hydrogen-bond acceptors (Lipinski definition) is 3. The minimum absolute atomic E-state index is 0.000352. The second kappa shape index (κ2) is 6.91. The molecule has 6 heteroatoms. The molecule has 0 aliphatic carbocycles. The highest BCUT2D eigenvalue weighted by atomic mass is 35.5. The average Bonchev–Trinajstić information content (AvgIpc) is 2.48. The number of amides is 2. The fourth-order valence-corrected chi connectivity index (χ4v) is 2.73.